The van der Waals surface area contributed by atoms with E-state index in [0.717, 1.165) is 5.56 Å². The van der Waals surface area contributed by atoms with E-state index in [1.807, 2.05) is 0 Å². The number of nitrogen functional groups attached to an aromatic ring is 1. The van der Waals surface area contributed by atoms with Gasteiger partial charge in [-0.25, -0.2) is 9.78 Å². The van der Waals surface area contributed by atoms with E-state index in [1.165, 1.54) is 11.3 Å². The van der Waals surface area contributed by atoms with Crippen LogP contribution in [0.15, 0.2) is 47.8 Å². The van der Waals surface area contributed by atoms with Crippen LogP contribution in [0, 0.1) is 0 Å². The summed E-state index contributed by atoms with van der Waals surface area (Å²) in [7, 11) is 1.56. The summed E-state index contributed by atoms with van der Waals surface area (Å²) in [6, 6.07) is 12.0. The summed E-state index contributed by atoms with van der Waals surface area (Å²) in [4.78, 5) is 28.9. The summed E-state index contributed by atoms with van der Waals surface area (Å²) in [6.07, 6.45) is -0.571. The Balaban J connectivity index is 1.74. The zero-order chi connectivity index (χ0) is 22.6. The number of benzene rings is 2. The fraction of sp³-hybridized carbons (Fsp3) is 0.227. The molecule has 1 aromatic heterocycles. The molecule has 3 rings (SSSR count). The van der Waals surface area contributed by atoms with E-state index in [1.54, 1.807) is 75.7 Å². The van der Waals surface area contributed by atoms with Crippen LogP contribution in [0.3, 0.4) is 0 Å². The molecule has 0 atom stereocenters. The van der Waals surface area contributed by atoms with Crippen molar-refractivity contribution >= 4 is 39.8 Å². The third-order valence-electron chi connectivity index (χ3n) is 4.06. The highest BCUT2D eigenvalue weighted by atomic mass is 32.1. The van der Waals surface area contributed by atoms with Crippen molar-refractivity contribution in [2.75, 3.05) is 23.5 Å². The van der Waals surface area contributed by atoms with Crippen LogP contribution in [0.5, 0.6) is 5.75 Å². The zero-order valence-corrected chi connectivity index (χ0v) is 18.5. The van der Waals surface area contributed by atoms with E-state index in [-0.39, 0.29) is 5.91 Å². The molecule has 1 heterocycles. The van der Waals surface area contributed by atoms with Crippen LogP contribution >= 0.6 is 11.3 Å². The average molecular weight is 441 g/mol. The van der Waals surface area contributed by atoms with E-state index in [9.17, 15) is 9.59 Å². The molecule has 0 saturated carbocycles. The van der Waals surface area contributed by atoms with Gasteiger partial charge in [-0.05, 0) is 57.2 Å². The predicted molar refractivity (Wildman–Crippen MR) is 123 cm³/mol. The van der Waals surface area contributed by atoms with E-state index < -0.39 is 11.7 Å². The van der Waals surface area contributed by atoms with Crippen LogP contribution in [0.2, 0.25) is 0 Å². The summed E-state index contributed by atoms with van der Waals surface area (Å²) >= 11 is 1.27. The van der Waals surface area contributed by atoms with Crippen molar-refractivity contribution in [3.63, 3.8) is 0 Å². The van der Waals surface area contributed by atoms with Crippen LogP contribution in [-0.4, -0.2) is 29.7 Å². The molecule has 0 aliphatic rings. The number of nitrogens with two attached hydrogens (primary N) is 1. The molecule has 0 bridgehead atoms. The Morgan fingerprint density at radius 1 is 1.06 bits per heavy atom. The number of hydrogen-bond donors (Lipinski definition) is 3. The largest absolute Gasteiger partial charge is 0.497 e. The minimum atomic E-state index is -0.599. The number of ether oxygens (including phenoxy) is 2. The third-order valence-corrected chi connectivity index (χ3v) is 4.82. The topological polar surface area (TPSA) is 116 Å². The number of amides is 2. The number of carbonyl (C=O) groups excluding carboxylic acids is 2. The third kappa shape index (κ3) is 5.95. The number of hydrogen-bond acceptors (Lipinski definition) is 7. The van der Waals surface area contributed by atoms with Crippen LogP contribution < -0.4 is 21.1 Å². The Bertz CT molecular complexity index is 1090. The molecule has 2 aromatic carbocycles. The maximum atomic E-state index is 12.6. The molecule has 0 unspecified atom stereocenters. The highest BCUT2D eigenvalue weighted by Crippen LogP contribution is 2.30. The van der Waals surface area contributed by atoms with Gasteiger partial charge in [0, 0.05) is 16.5 Å². The molecule has 2 amide bonds. The zero-order valence-electron chi connectivity index (χ0n) is 17.7. The van der Waals surface area contributed by atoms with Gasteiger partial charge >= 0.3 is 6.09 Å². The van der Waals surface area contributed by atoms with E-state index in [2.05, 4.69) is 15.6 Å². The van der Waals surface area contributed by atoms with Gasteiger partial charge in [0.05, 0.1) is 24.2 Å². The molecule has 0 saturated heterocycles. The number of nitrogens with zero attached hydrogens (tertiary/aromatic N) is 1. The Labute approximate surface area is 184 Å². The van der Waals surface area contributed by atoms with Gasteiger partial charge < -0.3 is 20.5 Å². The molecular formula is C22H24N4O4S. The summed E-state index contributed by atoms with van der Waals surface area (Å²) in [5.74, 6) is 0.370. The molecular weight excluding hydrogens is 416 g/mol. The Kier molecular flexibility index (Phi) is 6.45. The normalized spacial score (nSPS) is 11.0. The van der Waals surface area contributed by atoms with Crippen molar-refractivity contribution in [1.82, 2.24) is 4.98 Å². The number of nitrogens with one attached hydrogen (secondary N) is 2. The Morgan fingerprint density at radius 3 is 2.42 bits per heavy atom. The van der Waals surface area contributed by atoms with Crippen LogP contribution in [-0.2, 0) is 4.74 Å². The smallest absolute Gasteiger partial charge is 0.413 e. The maximum Gasteiger partial charge on any atom is 0.413 e. The molecule has 0 aliphatic carbocycles. The lowest BCUT2D eigenvalue weighted by molar-refractivity contribution is 0.0635. The number of anilines is 3. The predicted octanol–water partition coefficient (Wildman–Crippen LogP) is 5.00. The van der Waals surface area contributed by atoms with Crippen molar-refractivity contribution in [3.8, 4) is 17.0 Å². The first-order valence-corrected chi connectivity index (χ1v) is 10.3. The lowest BCUT2D eigenvalue weighted by Gasteiger charge is -2.18. The fourth-order valence-corrected chi connectivity index (χ4v) is 3.32. The number of carbonyl (C=O) groups is 2. The Hall–Kier alpha value is -3.59. The number of aromatic nitrogens is 1. The molecule has 162 valence electrons. The van der Waals surface area contributed by atoms with Crippen molar-refractivity contribution in [2.45, 2.75) is 26.4 Å². The van der Waals surface area contributed by atoms with Gasteiger partial charge in [-0.3, -0.25) is 10.1 Å². The van der Waals surface area contributed by atoms with Gasteiger partial charge in [0.1, 0.15) is 11.4 Å². The second kappa shape index (κ2) is 9.05. The molecule has 3 aromatic rings. The summed E-state index contributed by atoms with van der Waals surface area (Å²) in [5, 5.41) is 7.65. The molecule has 9 heteroatoms. The molecule has 0 aliphatic heterocycles. The fourth-order valence-electron chi connectivity index (χ4n) is 2.62. The van der Waals surface area contributed by atoms with Crippen LogP contribution in [0.4, 0.5) is 21.3 Å². The lowest BCUT2D eigenvalue weighted by atomic mass is 10.1. The highest BCUT2D eigenvalue weighted by molar-refractivity contribution is 7.14. The summed E-state index contributed by atoms with van der Waals surface area (Å²) in [6.45, 7) is 5.36. The second-order valence-corrected chi connectivity index (χ2v) is 8.51. The maximum absolute atomic E-state index is 12.6. The van der Waals surface area contributed by atoms with Gasteiger partial charge in [-0.15, -0.1) is 11.3 Å². The quantitative estimate of drug-likeness (QED) is 0.481. The molecule has 0 radical (unpaired) electrons. The van der Waals surface area contributed by atoms with Crippen molar-refractivity contribution in [2.24, 2.45) is 0 Å². The lowest BCUT2D eigenvalue weighted by Crippen LogP contribution is -2.27. The monoisotopic (exact) mass is 440 g/mol. The van der Waals surface area contributed by atoms with Gasteiger partial charge in [-0.2, -0.15) is 0 Å². The number of thiazole rings is 1. The molecule has 4 N–H and O–H groups in total. The molecule has 0 spiro atoms. The van der Waals surface area contributed by atoms with Crippen LogP contribution in [0.1, 0.15) is 31.1 Å². The minimum absolute atomic E-state index is 0.294. The van der Waals surface area contributed by atoms with Crippen molar-refractivity contribution < 1.29 is 19.1 Å². The molecule has 0 fully saturated rings. The van der Waals surface area contributed by atoms with Gasteiger partial charge in [0.25, 0.3) is 5.91 Å². The summed E-state index contributed by atoms with van der Waals surface area (Å²) in [5.41, 5.74) is 8.19. The van der Waals surface area contributed by atoms with Crippen LogP contribution in [0.25, 0.3) is 11.3 Å². The minimum Gasteiger partial charge on any atom is -0.497 e. The Morgan fingerprint density at radius 2 is 1.77 bits per heavy atom. The SMILES string of the molecule is COc1ccc(C(=O)Nc2cc(-c3csc(NC(=O)OC(C)(C)C)n3)ccc2N)cc1. The molecule has 8 nitrogen and oxygen atoms in total. The first kappa shape index (κ1) is 22.1. The van der Waals surface area contributed by atoms with Gasteiger partial charge in [0.2, 0.25) is 0 Å². The first-order chi connectivity index (χ1) is 14.6. The van der Waals surface area contributed by atoms with E-state index in [4.69, 9.17) is 15.2 Å². The highest BCUT2D eigenvalue weighted by Gasteiger charge is 2.18. The standard InChI is InChI=1S/C22H24N4O4S/c1-22(2,3)30-21(28)26-20-25-18(12-31-20)14-7-10-16(23)17(11-14)24-19(27)13-5-8-15(29-4)9-6-13/h5-12H,23H2,1-4H3,(H,24,27)(H,25,26,28). The van der Waals surface area contributed by atoms with Crippen molar-refractivity contribution in [3.05, 3.63) is 53.4 Å². The molecule has 31 heavy (non-hydrogen) atoms. The average Bonchev–Trinajstić information content (AvgIpc) is 3.16. The first-order valence-electron chi connectivity index (χ1n) is 9.45. The number of methoxy groups -OCH3 is 1. The van der Waals surface area contributed by atoms with E-state index >= 15 is 0 Å². The van der Waals surface area contributed by atoms with Crippen molar-refractivity contribution in [1.29, 1.82) is 0 Å². The summed E-state index contributed by atoms with van der Waals surface area (Å²) < 4.78 is 10.3. The van der Waals surface area contributed by atoms with Gasteiger partial charge in [-0.1, -0.05) is 6.07 Å². The van der Waals surface area contributed by atoms with Gasteiger partial charge in [0.15, 0.2) is 5.13 Å². The van der Waals surface area contributed by atoms with E-state index in [0.29, 0.717) is 33.5 Å². The second-order valence-electron chi connectivity index (χ2n) is 7.65. The number of rotatable bonds is 5.